The Labute approximate surface area is 187 Å². The molecular weight excluding hydrogens is 438 g/mol. The molecule has 0 radical (unpaired) electrons. The number of phenolic OH excluding ortho intramolecular Hbond substituents is 1. The van der Waals surface area contributed by atoms with Crippen molar-refractivity contribution in [2.24, 2.45) is 0 Å². The predicted octanol–water partition coefficient (Wildman–Crippen LogP) is 5.50. The highest BCUT2D eigenvalue weighted by Gasteiger charge is 2.63. The van der Waals surface area contributed by atoms with Crippen LogP contribution in [0.4, 0.5) is 23.2 Å². The number of hydrogen-bond donors (Lipinski definition) is 2. The number of hydrogen-bond acceptors (Lipinski definition) is 3. The van der Waals surface area contributed by atoms with Crippen molar-refractivity contribution in [3.63, 3.8) is 0 Å². The summed E-state index contributed by atoms with van der Waals surface area (Å²) >= 11 is 0. The Morgan fingerprint density at radius 3 is 2.27 bits per heavy atom. The van der Waals surface area contributed by atoms with Crippen molar-refractivity contribution in [1.82, 2.24) is 0 Å². The first-order chi connectivity index (χ1) is 15.6. The van der Waals surface area contributed by atoms with Crippen molar-refractivity contribution < 1.29 is 32.6 Å². The molecule has 33 heavy (non-hydrogen) atoms. The minimum atomic E-state index is -4.80. The average Bonchev–Trinajstić information content (AvgIpc) is 2.77. The van der Waals surface area contributed by atoms with Crippen LogP contribution in [0.2, 0.25) is 0 Å². The maximum Gasteiger partial charge on any atom is 0.420 e. The number of aliphatic carboxylic acids is 1. The van der Waals surface area contributed by atoms with Crippen LogP contribution in [0.3, 0.4) is 0 Å². The van der Waals surface area contributed by atoms with E-state index in [-0.39, 0.29) is 35.5 Å². The molecule has 0 amide bonds. The maximum absolute atomic E-state index is 15.2. The lowest BCUT2D eigenvalue weighted by Crippen LogP contribution is -2.60. The van der Waals surface area contributed by atoms with Gasteiger partial charge in [0.25, 0.3) is 0 Å². The largest absolute Gasteiger partial charge is 0.508 e. The first kappa shape index (κ1) is 22.4. The highest BCUT2D eigenvalue weighted by Crippen LogP contribution is 2.53. The van der Waals surface area contributed by atoms with Gasteiger partial charge in [0.2, 0.25) is 0 Å². The Balaban J connectivity index is 1.98. The number of phenols is 1. The van der Waals surface area contributed by atoms with Gasteiger partial charge in [-0.2, -0.15) is 13.2 Å². The molecule has 3 aromatic carbocycles. The topological polar surface area (TPSA) is 60.8 Å². The zero-order valence-corrected chi connectivity index (χ0v) is 17.2. The van der Waals surface area contributed by atoms with Gasteiger partial charge >= 0.3 is 12.1 Å². The standard InChI is InChI=1S/C25H19F4NO3/c26-19-6-8-20(9-7-19)30-14-13-17-15-21(31)10-11-22(17)24(30,25(27,28)29)18-4-1-16(2-5-18)3-12-23(32)33/h1-12,15,31H,13-14H2,(H,32,33). The second kappa shape index (κ2) is 8.27. The summed E-state index contributed by atoms with van der Waals surface area (Å²) in [5.41, 5.74) is -1.74. The van der Waals surface area contributed by atoms with Crippen molar-refractivity contribution in [2.45, 2.75) is 18.1 Å². The summed E-state index contributed by atoms with van der Waals surface area (Å²) in [5, 5.41) is 18.7. The monoisotopic (exact) mass is 457 g/mol. The Kier molecular flexibility index (Phi) is 5.61. The molecule has 1 aliphatic heterocycles. The summed E-state index contributed by atoms with van der Waals surface area (Å²) < 4.78 is 59.0. The second-order valence-corrected chi connectivity index (χ2v) is 7.72. The molecule has 4 rings (SSSR count). The number of nitrogens with zero attached hydrogens (tertiary/aromatic N) is 1. The van der Waals surface area contributed by atoms with Crippen LogP contribution in [-0.4, -0.2) is 28.9 Å². The van der Waals surface area contributed by atoms with Gasteiger partial charge in [-0.3, -0.25) is 0 Å². The number of alkyl halides is 3. The summed E-state index contributed by atoms with van der Waals surface area (Å²) in [4.78, 5) is 12.0. The van der Waals surface area contributed by atoms with Crippen LogP contribution in [0.15, 0.2) is 72.8 Å². The number of halogens is 4. The van der Waals surface area contributed by atoms with Gasteiger partial charge < -0.3 is 15.1 Å². The fourth-order valence-electron chi connectivity index (χ4n) is 4.41. The highest BCUT2D eigenvalue weighted by atomic mass is 19.4. The molecule has 0 aliphatic carbocycles. The zero-order chi connectivity index (χ0) is 23.8. The molecule has 1 unspecified atom stereocenters. The second-order valence-electron chi connectivity index (χ2n) is 7.72. The normalized spacial score (nSPS) is 18.4. The van der Waals surface area contributed by atoms with Crippen LogP contribution < -0.4 is 4.90 Å². The number of carboxylic acids is 1. The van der Waals surface area contributed by atoms with Gasteiger partial charge in [-0.25, -0.2) is 9.18 Å². The molecule has 0 spiro atoms. The number of carboxylic acid groups (broad SMARTS) is 1. The van der Waals surface area contributed by atoms with Gasteiger partial charge in [-0.1, -0.05) is 30.3 Å². The molecule has 0 saturated carbocycles. The molecule has 0 saturated heterocycles. The summed E-state index contributed by atoms with van der Waals surface area (Å²) in [5.74, 6) is -1.86. The van der Waals surface area contributed by atoms with E-state index in [9.17, 15) is 14.3 Å². The smallest absolute Gasteiger partial charge is 0.420 e. The zero-order valence-electron chi connectivity index (χ0n) is 17.2. The van der Waals surface area contributed by atoms with Crippen LogP contribution in [0.5, 0.6) is 5.75 Å². The number of fused-ring (bicyclic) bond motifs is 1. The van der Waals surface area contributed by atoms with Gasteiger partial charge in [0.1, 0.15) is 11.6 Å². The van der Waals surface area contributed by atoms with E-state index in [2.05, 4.69) is 0 Å². The molecule has 4 nitrogen and oxygen atoms in total. The molecule has 1 aliphatic rings. The van der Waals surface area contributed by atoms with Gasteiger partial charge in [-0.15, -0.1) is 0 Å². The Bertz CT molecular complexity index is 1200. The van der Waals surface area contributed by atoms with E-state index in [1.807, 2.05) is 0 Å². The molecule has 3 aromatic rings. The van der Waals surface area contributed by atoms with Crippen molar-refractivity contribution in [3.8, 4) is 5.75 Å². The van der Waals surface area contributed by atoms with Crippen LogP contribution in [0.1, 0.15) is 22.3 Å². The Morgan fingerprint density at radius 2 is 1.67 bits per heavy atom. The molecule has 1 atom stereocenters. The maximum atomic E-state index is 15.2. The van der Waals surface area contributed by atoms with E-state index in [1.54, 1.807) is 0 Å². The number of anilines is 1. The highest BCUT2D eigenvalue weighted by molar-refractivity contribution is 5.85. The minimum absolute atomic E-state index is 0.0255. The first-order valence-corrected chi connectivity index (χ1v) is 10.1. The molecule has 0 fully saturated rings. The Hall–Kier alpha value is -3.81. The van der Waals surface area contributed by atoms with E-state index >= 15 is 13.2 Å². The van der Waals surface area contributed by atoms with E-state index in [0.717, 1.165) is 18.2 Å². The molecule has 170 valence electrons. The fourth-order valence-corrected chi connectivity index (χ4v) is 4.41. The number of aromatic hydroxyl groups is 1. The van der Waals surface area contributed by atoms with Gasteiger partial charge in [0, 0.05) is 18.3 Å². The number of benzene rings is 3. The summed E-state index contributed by atoms with van der Waals surface area (Å²) in [7, 11) is 0. The lowest BCUT2D eigenvalue weighted by molar-refractivity contribution is -0.179. The van der Waals surface area contributed by atoms with Crippen molar-refractivity contribution in [3.05, 3.63) is 101 Å². The average molecular weight is 457 g/mol. The third kappa shape index (κ3) is 3.92. The summed E-state index contributed by atoms with van der Waals surface area (Å²) in [6, 6.07) is 14.1. The summed E-state index contributed by atoms with van der Waals surface area (Å²) in [6.45, 7) is -0.0255. The quantitative estimate of drug-likeness (QED) is 0.401. The SMILES string of the molecule is O=C(O)C=Cc1ccc(C2(C(F)(F)F)c3ccc(O)cc3CCN2c2ccc(F)cc2)cc1. The van der Waals surface area contributed by atoms with Crippen LogP contribution >= 0.6 is 0 Å². The molecule has 0 aromatic heterocycles. The third-order valence-electron chi connectivity index (χ3n) is 5.78. The first-order valence-electron chi connectivity index (χ1n) is 10.1. The van der Waals surface area contributed by atoms with E-state index in [0.29, 0.717) is 11.1 Å². The van der Waals surface area contributed by atoms with Crippen LogP contribution in [0.25, 0.3) is 6.08 Å². The van der Waals surface area contributed by atoms with Gasteiger partial charge in [-0.05, 0) is 71.1 Å². The molecule has 1 heterocycles. The van der Waals surface area contributed by atoms with Crippen molar-refractivity contribution in [1.29, 1.82) is 0 Å². The molecule has 0 bridgehead atoms. The van der Waals surface area contributed by atoms with Crippen molar-refractivity contribution in [2.75, 3.05) is 11.4 Å². The van der Waals surface area contributed by atoms with Gasteiger partial charge in [0.05, 0.1) is 0 Å². The van der Waals surface area contributed by atoms with Gasteiger partial charge in [0.15, 0.2) is 5.54 Å². The lowest BCUT2D eigenvalue weighted by Gasteiger charge is -2.50. The van der Waals surface area contributed by atoms with Crippen LogP contribution in [0, 0.1) is 5.82 Å². The van der Waals surface area contributed by atoms with Crippen molar-refractivity contribution >= 4 is 17.7 Å². The van der Waals surface area contributed by atoms with Crippen LogP contribution in [-0.2, 0) is 16.8 Å². The predicted molar refractivity (Wildman–Crippen MR) is 116 cm³/mol. The fraction of sp³-hybridized carbons (Fsp3) is 0.160. The molecule has 2 N–H and O–H groups in total. The lowest BCUT2D eigenvalue weighted by atomic mass is 9.74. The number of carbonyl (C=O) groups is 1. The molecular formula is C25H19F4NO3. The molecule has 8 heteroatoms. The summed E-state index contributed by atoms with van der Waals surface area (Å²) in [6.07, 6.45) is -2.36. The Morgan fingerprint density at radius 1 is 1.00 bits per heavy atom. The third-order valence-corrected chi connectivity index (χ3v) is 5.78. The van der Waals surface area contributed by atoms with E-state index < -0.39 is 23.5 Å². The number of rotatable bonds is 4. The minimum Gasteiger partial charge on any atom is -0.508 e. The van der Waals surface area contributed by atoms with E-state index in [4.69, 9.17) is 5.11 Å². The van der Waals surface area contributed by atoms with E-state index in [1.165, 1.54) is 65.6 Å².